The van der Waals surface area contributed by atoms with Gasteiger partial charge in [-0.05, 0) is 42.0 Å². The maximum absolute atomic E-state index is 13.1. The van der Waals surface area contributed by atoms with Gasteiger partial charge in [-0.15, -0.1) is 0 Å². The number of carbonyl (C=O) groups excluding carboxylic acids is 2. The molecule has 2 aliphatic rings. The highest BCUT2D eigenvalue weighted by Gasteiger charge is 2.54. The molecule has 2 amide bonds. The number of anilines is 1. The number of benzene rings is 2. The van der Waals surface area contributed by atoms with Crippen molar-refractivity contribution in [3.8, 4) is 0 Å². The Hall–Kier alpha value is -3.30. The van der Waals surface area contributed by atoms with Gasteiger partial charge in [0.1, 0.15) is 5.82 Å². The zero-order chi connectivity index (χ0) is 20.1. The van der Waals surface area contributed by atoms with Crippen molar-refractivity contribution in [2.75, 3.05) is 4.90 Å². The Balaban J connectivity index is 1.58. The van der Waals surface area contributed by atoms with Crippen LogP contribution >= 0.6 is 0 Å². The van der Waals surface area contributed by atoms with Crippen molar-refractivity contribution in [2.24, 2.45) is 10.3 Å². The van der Waals surface area contributed by atoms with Gasteiger partial charge >= 0.3 is 6.18 Å². The van der Waals surface area contributed by atoms with Crippen molar-refractivity contribution >= 4 is 17.5 Å². The van der Waals surface area contributed by atoms with Crippen LogP contribution in [-0.2, 0) is 22.3 Å². The largest absolute Gasteiger partial charge is 0.416 e. The highest BCUT2D eigenvalue weighted by atomic mass is 19.4. The van der Waals surface area contributed by atoms with E-state index in [0.29, 0.717) is 0 Å². The molecule has 4 rings (SSSR count). The van der Waals surface area contributed by atoms with Crippen LogP contribution in [0.4, 0.5) is 23.2 Å². The second kappa shape index (κ2) is 6.39. The van der Waals surface area contributed by atoms with Gasteiger partial charge in [-0.1, -0.05) is 17.4 Å². The minimum Gasteiger partial charge on any atom is -0.271 e. The average Bonchev–Trinajstić information content (AvgIpc) is 3.16. The van der Waals surface area contributed by atoms with Crippen LogP contribution in [0.1, 0.15) is 11.1 Å². The molecule has 0 aliphatic carbocycles. The second-order valence-electron chi connectivity index (χ2n) is 6.38. The zero-order valence-electron chi connectivity index (χ0n) is 14.1. The summed E-state index contributed by atoms with van der Waals surface area (Å²) in [5, 5.41) is 8.81. The standard InChI is InChI=1S/C18H12F4N4O2/c19-12-4-6-13(7-5-12)26-16(27)14-15(17(26)28)25(24-23-14)9-10-2-1-3-11(8-10)18(20,21)22/h1-8,14-15H,9H2/t14-,15-/m0/s1. The van der Waals surface area contributed by atoms with Crippen molar-refractivity contribution in [2.45, 2.75) is 24.8 Å². The summed E-state index contributed by atoms with van der Waals surface area (Å²) in [5.74, 6) is -1.75. The lowest BCUT2D eigenvalue weighted by molar-refractivity contribution is -0.137. The Bertz CT molecular complexity index is 974. The molecule has 0 aromatic heterocycles. The van der Waals surface area contributed by atoms with E-state index in [4.69, 9.17) is 0 Å². The van der Waals surface area contributed by atoms with Crippen molar-refractivity contribution in [1.82, 2.24) is 5.01 Å². The monoisotopic (exact) mass is 392 g/mol. The minimum absolute atomic E-state index is 0.120. The molecular weight excluding hydrogens is 380 g/mol. The molecule has 0 radical (unpaired) electrons. The van der Waals surface area contributed by atoms with Crippen LogP contribution in [0.25, 0.3) is 0 Å². The molecule has 1 fully saturated rings. The highest BCUT2D eigenvalue weighted by molar-refractivity contribution is 6.25. The fraction of sp³-hybridized carbons (Fsp3) is 0.222. The molecule has 2 aromatic rings. The van der Waals surface area contributed by atoms with E-state index in [-0.39, 0.29) is 17.8 Å². The van der Waals surface area contributed by atoms with Gasteiger partial charge in [0.15, 0.2) is 12.1 Å². The lowest BCUT2D eigenvalue weighted by Gasteiger charge is -2.21. The number of nitrogens with zero attached hydrogens (tertiary/aromatic N) is 4. The normalized spacial score (nSPS) is 21.6. The van der Waals surface area contributed by atoms with E-state index < -0.39 is 41.5 Å². The first kappa shape index (κ1) is 18.1. The molecule has 1 saturated heterocycles. The maximum Gasteiger partial charge on any atom is 0.416 e. The van der Waals surface area contributed by atoms with Gasteiger partial charge in [-0.2, -0.15) is 18.3 Å². The van der Waals surface area contributed by atoms with Gasteiger partial charge < -0.3 is 0 Å². The van der Waals surface area contributed by atoms with Crippen LogP contribution in [0.3, 0.4) is 0 Å². The topological polar surface area (TPSA) is 65.3 Å². The lowest BCUT2D eigenvalue weighted by Crippen LogP contribution is -2.39. The Morgan fingerprint density at radius 2 is 1.71 bits per heavy atom. The molecule has 2 aromatic carbocycles. The van der Waals surface area contributed by atoms with Crippen LogP contribution < -0.4 is 4.90 Å². The third kappa shape index (κ3) is 3.00. The Kier molecular flexibility index (Phi) is 4.13. The molecule has 144 valence electrons. The summed E-state index contributed by atoms with van der Waals surface area (Å²) in [5.41, 5.74) is -0.352. The minimum atomic E-state index is -4.50. The van der Waals surface area contributed by atoms with Gasteiger partial charge in [0.2, 0.25) is 0 Å². The number of hydrogen-bond acceptors (Lipinski definition) is 5. The molecule has 0 spiro atoms. The summed E-state index contributed by atoms with van der Waals surface area (Å²) in [4.78, 5) is 26.2. The molecule has 10 heteroatoms. The number of amides is 2. The summed E-state index contributed by atoms with van der Waals surface area (Å²) >= 11 is 0. The fourth-order valence-corrected chi connectivity index (χ4v) is 3.23. The summed E-state index contributed by atoms with van der Waals surface area (Å²) in [6.07, 6.45) is -4.50. The van der Waals surface area contributed by atoms with E-state index in [1.54, 1.807) is 0 Å². The fourth-order valence-electron chi connectivity index (χ4n) is 3.23. The third-order valence-corrected chi connectivity index (χ3v) is 4.54. The molecule has 0 N–H and O–H groups in total. The first-order valence-corrected chi connectivity index (χ1v) is 8.22. The van der Waals surface area contributed by atoms with E-state index >= 15 is 0 Å². The predicted octanol–water partition coefficient (Wildman–Crippen LogP) is 3.34. The quantitative estimate of drug-likeness (QED) is 0.595. The number of alkyl halides is 3. The summed E-state index contributed by atoms with van der Waals surface area (Å²) < 4.78 is 51.8. The predicted molar refractivity (Wildman–Crippen MR) is 88.3 cm³/mol. The Morgan fingerprint density at radius 3 is 2.39 bits per heavy atom. The molecule has 0 bridgehead atoms. The maximum atomic E-state index is 13.1. The Labute approximate surface area is 156 Å². The SMILES string of the molecule is O=C1[C@H]2N=NN(Cc3cccc(C(F)(F)F)c3)[C@@H]2C(=O)N1c1ccc(F)cc1. The lowest BCUT2D eigenvalue weighted by atomic mass is 10.1. The van der Waals surface area contributed by atoms with E-state index in [1.165, 1.54) is 29.3 Å². The van der Waals surface area contributed by atoms with Gasteiger partial charge in [0.05, 0.1) is 17.8 Å². The van der Waals surface area contributed by atoms with E-state index in [0.717, 1.165) is 29.2 Å². The molecule has 0 saturated carbocycles. The zero-order valence-corrected chi connectivity index (χ0v) is 14.1. The molecule has 6 nitrogen and oxygen atoms in total. The number of halogens is 4. The molecule has 0 unspecified atom stereocenters. The summed E-state index contributed by atoms with van der Waals surface area (Å²) in [6, 6.07) is 7.32. The molecule has 2 atom stereocenters. The van der Waals surface area contributed by atoms with E-state index in [2.05, 4.69) is 10.3 Å². The average molecular weight is 392 g/mol. The van der Waals surface area contributed by atoms with Gasteiger partial charge in [-0.25, -0.2) is 9.29 Å². The molecule has 28 heavy (non-hydrogen) atoms. The van der Waals surface area contributed by atoms with Gasteiger partial charge in [0.25, 0.3) is 11.8 Å². The molecule has 2 heterocycles. The van der Waals surface area contributed by atoms with Crippen LogP contribution in [0, 0.1) is 5.82 Å². The van der Waals surface area contributed by atoms with E-state index in [1.807, 2.05) is 0 Å². The number of imide groups is 1. The summed E-state index contributed by atoms with van der Waals surface area (Å²) in [6.45, 7) is -0.120. The molecular formula is C18H12F4N4O2. The third-order valence-electron chi connectivity index (χ3n) is 4.54. The van der Waals surface area contributed by atoms with E-state index in [9.17, 15) is 27.2 Å². The number of fused-ring (bicyclic) bond motifs is 1. The van der Waals surface area contributed by atoms with Crippen molar-refractivity contribution in [3.63, 3.8) is 0 Å². The molecule has 2 aliphatic heterocycles. The van der Waals surface area contributed by atoms with Crippen LogP contribution in [0.5, 0.6) is 0 Å². The van der Waals surface area contributed by atoms with Crippen molar-refractivity contribution in [3.05, 3.63) is 65.5 Å². The number of hydrogen-bond donors (Lipinski definition) is 0. The highest BCUT2D eigenvalue weighted by Crippen LogP contribution is 2.34. The number of rotatable bonds is 3. The van der Waals surface area contributed by atoms with Crippen molar-refractivity contribution in [1.29, 1.82) is 0 Å². The van der Waals surface area contributed by atoms with Crippen LogP contribution in [0.2, 0.25) is 0 Å². The van der Waals surface area contributed by atoms with Crippen LogP contribution in [0.15, 0.2) is 58.9 Å². The first-order valence-electron chi connectivity index (χ1n) is 8.22. The first-order chi connectivity index (χ1) is 13.3. The van der Waals surface area contributed by atoms with Gasteiger partial charge in [-0.3, -0.25) is 14.6 Å². The van der Waals surface area contributed by atoms with Gasteiger partial charge in [0, 0.05) is 0 Å². The Morgan fingerprint density at radius 1 is 1.00 bits per heavy atom. The number of carbonyl (C=O) groups is 2. The summed E-state index contributed by atoms with van der Waals surface area (Å²) in [7, 11) is 0. The second-order valence-corrected chi connectivity index (χ2v) is 6.38. The smallest absolute Gasteiger partial charge is 0.271 e. The van der Waals surface area contributed by atoms with Crippen molar-refractivity contribution < 1.29 is 27.2 Å². The van der Waals surface area contributed by atoms with Crippen LogP contribution in [-0.4, -0.2) is 28.9 Å².